The lowest BCUT2D eigenvalue weighted by Crippen LogP contribution is -2.59. The predicted octanol–water partition coefficient (Wildman–Crippen LogP) is 1.49. The highest BCUT2D eigenvalue weighted by molar-refractivity contribution is 8.04. The summed E-state index contributed by atoms with van der Waals surface area (Å²) in [5.41, 5.74) is 0.173. The fourth-order valence-corrected chi connectivity index (χ4v) is 3.68. The summed E-state index contributed by atoms with van der Waals surface area (Å²) in [7, 11) is 0. The van der Waals surface area contributed by atoms with Crippen molar-refractivity contribution in [1.29, 1.82) is 0 Å². The van der Waals surface area contributed by atoms with Gasteiger partial charge in [0.1, 0.15) is 5.70 Å². The zero-order valence-corrected chi connectivity index (χ0v) is 9.67. The van der Waals surface area contributed by atoms with Crippen molar-refractivity contribution in [1.82, 2.24) is 4.90 Å². The number of carboxylic acids is 1. The number of rotatable bonds is 2. The van der Waals surface area contributed by atoms with Crippen LogP contribution in [-0.4, -0.2) is 27.3 Å². The first-order valence-corrected chi connectivity index (χ1v) is 5.77. The average Bonchev–Trinajstić information content (AvgIpc) is 2.38. The third kappa shape index (κ3) is 1.29. The molecule has 2 aliphatic rings. The number of β-lactam (4-membered cyclic amide) rings is 1. The number of carboxylic acid groups (broad SMARTS) is 1. The standard InChI is InChI=1S/C10H13NO3S/c1-4(2)6-8(12)11-7(10(13)14)5(3)15-9(6)11/h4,6,9H,1-3H3,(H,13,14)/t6?,9-/m0/s1. The molecule has 0 aromatic carbocycles. The molecule has 4 nitrogen and oxygen atoms in total. The minimum Gasteiger partial charge on any atom is -0.477 e. The molecule has 1 amide bonds. The molecular weight excluding hydrogens is 214 g/mol. The lowest BCUT2D eigenvalue weighted by atomic mass is 9.86. The Labute approximate surface area is 92.3 Å². The molecule has 1 N–H and O–H groups in total. The monoisotopic (exact) mass is 227 g/mol. The maximum atomic E-state index is 11.8. The summed E-state index contributed by atoms with van der Waals surface area (Å²) in [5.74, 6) is -0.802. The molecule has 2 heterocycles. The molecule has 1 unspecified atom stereocenters. The highest BCUT2D eigenvalue weighted by Crippen LogP contribution is 2.50. The van der Waals surface area contributed by atoms with E-state index in [4.69, 9.17) is 5.11 Å². The Morgan fingerprint density at radius 2 is 2.13 bits per heavy atom. The number of amides is 1. The zero-order chi connectivity index (χ0) is 11.3. The predicted molar refractivity (Wildman–Crippen MR) is 56.9 cm³/mol. The van der Waals surface area contributed by atoms with Crippen LogP contribution in [0, 0.1) is 11.8 Å². The first-order chi connectivity index (χ1) is 6.95. The number of thioether (sulfide) groups is 1. The summed E-state index contributed by atoms with van der Waals surface area (Å²) >= 11 is 1.50. The van der Waals surface area contributed by atoms with Gasteiger partial charge in [-0.15, -0.1) is 11.8 Å². The zero-order valence-electron chi connectivity index (χ0n) is 8.85. The molecule has 2 atom stereocenters. The van der Waals surface area contributed by atoms with E-state index in [-0.39, 0.29) is 28.8 Å². The number of fused-ring (bicyclic) bond motifs is 1. The highest BCUT2D eigenvalue weighted by atomic mass is 32.2. The Kier molecular flexibility index (Phi) is 2.30. The normalized spacial score (nSPS) is 29.6. The number of carbonyl (C=O) groups excluding carboxylic acids is 1. The molecule has 2 aliphatic heterocycles. The van der Waals surface area contributed by atoms with Gasteiger partial charge in [0.25, 0.3) is 0 Å². The van der Waals surface area contributed by atoms with Crippen LogP contribution < -0.4 is 0 Å². The first kappa shape index (κ1) is 10.5. The van der Waals surface area contributed by atoms with E-state index in [1.165, 1.54) is 16.7 Å². The van der Waals surface area contributed by atoms with Crippen LogP contribution in [0.5, 0.6) is 0 Å². The second-order valence-electron chi connectivity index (χ2n) is 4.20. The van der Waals surface area contributed by atoms with E-state index in [1.807, 2.05) is 13.8 Å². The van der Waals surface area contributed by atoms with Gasteiger partial charge in [0.15, 0.2) is 0 Å². The molecule has 0 aromatic heterocycles. The summed E-state index contributed by atoms with van der Waals surface area (Å²) in [6.07, 6.45) is 0. The van der Waals surface area contributed by atoms with E-state index >= 15 is 0 Å². The topological polar surface area (TPSA) is 57.6 Å². The van der Waals surface area contributed by atoms with E-state index in [1.54, 1.807) is 6.92 Å². The molecule has 1 saturated heterocycles. The van der Waals surface area contributed by atoms with E-state index in [0.717, 1.165) is 4.91 Å². The minimum absolute atomic E-state index is 0.0172. The number of allylic oxidation sites excluding steroid dienone is 1. The van der Waals surface area contributed by atoms with Gasteiger partial charge in [-0.2, -0.15) is 0 Å². The van der Waals surface area contributed by atoms with Crippen LogP contribution in [0.1, 0.15) is 20.8 Å². The Balaban J connectivity index is 2.27. The lowest BCUT2D eigenvalue weighted by Gasteiger charge is -2.44. The van der Waals surface area contributed by atoms with Crippen molar-refractivity contribution in [2.45, 2.75) is 26.1 Å². The van der Waals surface area contributed by atoms with E-state index < -0.39 is 5.97 Å². The van der Waals surface area contributed by atoms with Gasteiger partial charge in [-0.25, -0.2) is 4.79 Å². The van der Waals surface area contributed by atoms with Gasteiger partial charge in [0, 0.05) is 4.91 Å². The van der Waals surface area contributed by atoms with Crippen LogP contribution >= 0.6 is 11.8 Å². The molecule has 15 heavy (non-hydrogen) atoms. The highest BCUT2D eigenvalue weighted by Gasteiger charge is 2.55. The fraction of sp³-hybridized carbons (Fsp3) is 0.600. The quantitative estimate of drug-likeness (QED) is 0.726. The maximum Gasteiger partial charge on any atom is 0.353 e. The van der Waals surface area contributed by atoms with Crippen molar-refractivity contribution in [3.63, 3.8) is 0 Å². The number of aliphatic carboxylic acids is 1. The van der Waals surface area contributed by atoms with Gasteiger partial charge in [-0.05, 0) is 12.8 Å². The summed E-state index contributed by atoms with van der Waals surface area (Å²) in [5, 5.41) is 9.00. The second-order valence-corrected chi connectivity index (χ2v) is 5.53. The molecule has 0 bridgehead atoms. The SMILES string of the molecule is CC1=C(C(=O)O)N2C(=O)C(C(C)C)[C@@H]2S1. The summed E-state index contributed by atoms with van der Waals surface area (Å²) in [6, 6.07) is 0. The van der Waals surface area contributed by atoms with Crippen molar-refractivity contribution >= 4 is 23.6 Å². The third-order valence-electron chi connectivity index (χ3n) is 2.88. The summed E-state index contributed by atoms with van der Waals surface area (Å²) in [6.45, 7) is 5.75. The van der Waals surface area contributed by atoms with Gasteiger partial charge in [0.05, 0.1) is 11.3 Å². The molecule has 1 fully saturated rings. The van der Waals surface area contributed by atoms with Crippen LogP contribution in [0.4, 0.5) is 0 Å². The van der Waals surface area contributed by atoms with Gasteiger partial charge in [0.2, 0.25) is 5.91 Å². The average molecular weight is 227 g/mol. The van der Waals surface area contributed by atoms with Crippen molar-refractivity contribution in [3.05, 3.63) is 10.6 Å². The largest absolute Gasteiger partial charge is 0.477 e. The molecule has 0 saturated carbocycles. The van der Waals surface area contributed by atoms with Crippen LogP contribution in [-0.2, 0) is 9.59 Å². The smallest absolute Gasteiger partial charge is 0.353 e. The van der Waals surface area contributed by atoms with Crippen LogP contribution in [0.2, 0.25) is 0 Å². The Morgan fingerprint density at radius 3 is 2.60 bits per heavy atom. The molecule has 2 rings (SSSR count). The van der Waals surface area contributed by atoms with Crippen LogP contribution in [0.15, 0.2) is 10.6 Å². The van der Waals surface area contributed by atoms with Crippen LogP contribution in [0.25, 0.3) is 0 Å². The van der Waals surface area contributed by atoms with Crippen molar-refractivity contribution in [2.24, 2.45) is 11.8 Å². The molecule has 0 radical (unpaired) electrons. The number of hydrogen-bond acceptors (Lipinski definition) is 3. The Bertz CT molecular complexity index is 375. The van der Waals surface area contributed by atoms with Gasteiger partial charge in [-0.1, -0.05) is 13.8 Å². The number of hydrogen-bond donors (Lipinski definition) is 1. The third-order valence-corrected chi connectivity index (χ3v) is 4.17. The first-order valence-electron chi connectivity index (χ1n) is 4.89. The fourth-order valence-electron chi connectivity index (χ4n) is 2.12. The Morgan fingerprint density at radius 1 is 1.53 bits per heavy atom. The van der Waals surface area contributed by atoms with Crippen molar-refractivity contribution < 1.29 is 14.7 Å². The molecular formula is C10H13NO3S. The van der Waals surface area contributed by atoms with E-state index in [2.05, 4.69) is 0 Å². The lowest BCUT2D eigenvalue weighted by molar-refractivity contribution is -0.153. The minimum atomic E-state index is -1.00. The molecule has 5 heteroatoms. The number of carbonyl (C=O) groups is 2. The molecule has 0 aromatic rings. The van der Waals surface area contributed by atoms with Gasteiger partial charge < -0.3 is 5.11 Å². The van der Waals surface area contributed by atoms with Gasteiger partial charge in [-0.3, -0.25) is 9.69 Å². The molecule has 0 aliphatic carbocycles. The maximum absolute atomic E-state index is 11.8. The van der Waals surface area contributed by atoms with Crippen molar-refractivity contribution in [2.75, 3.05) is 0 Å². The van der Waals surface area contributed by atoms with Crippen molar-refractivity contribution in [3.8, 4) is 0 Å². The Hall–Kier alpha value is -0.970. The summed E-state index contributed by atoms with van der Waals surface area (Å²) < 4.78 is 0. The second kappa shape index (κ2) is 3.27. The van der Waals surface area contributed by atoms with Gasteiger partial charge >= 0.3 is 5.97 Å². The molecule has 0 spiro atoms. The van der Waals surface area contributed by atoms with E-state index in [0.29, 0.717) is 0 Å². The molecule has 82 valence electrons. The van der Waals surface area contributed by atoms with E-state index in [9.17, 15) is 9.59 Å². The van der Waals surface area contributed by atoms with Crippen LogP contribution in [0.3, 0.4) is 0 Å². The number of nitrogens with zero attached hydrogens (tertiary/aromatic N) is 1. The summed E-state index contributed by atoms with van der Waals surface area (Å²) in [4.78, 5) is 24.9.